The largest absolute Gasteiger partial charge is 0.480 e. The van der Waals surface area contributed by atoms with Crippen LogP contribution in [0.1, 0.15) is 30.6 Å². The highest BCUT2D eigenvalue weighted by Crippen LogP contribution is 2.14. The van der Waals surface area contributed by atoms with Crippen LogP contribution in [-0.2, 0) is 4.79 Å². The maximum absolute atomic E-state index is 13.0. The molecule has 110 valence electrons. The summed E-state index contributed by atoms with van der Waals surface area (Å²) in [5.41, 5.74) is -0.476. The molecule has 1 rings (SSSR count). The van der Waals surface area contributed by atoms with Crippen molar-refractivity contribution < 1.29 is 27.9 Å². The normalized spacial score (nSPS) is 12.3. The molecule has 1 amide bonds. The third-order valence-electron chi connectivity index (χ3n) is 2.56. The van der Waals surface area contributed by atoms with Gasteiger partial charge in [0.2, 0.25) is 0 Å². The van der Waals surface area contributed by atoms with Gasteiger partial charge in [-0.1, -0.05) is 13.8 Å². The summed E-state index contributed by atoms with van der Waals surface area (Å²) in [6.07, 6.45) is 0.160. The minimum Gasteiger partial charge on any atom is -0.480 e. The summed E-state index contributed by atoms with van der Waals surface area (Å²) in [7, 11) is 0. The highest BCUT2D eigenvalue weighted by atomic mass is 19.2. The van der Waals surface area contributed by atoms with Gasteiger partial charge < -0.3 is 10.4 Å². The van der Waals surface area contributed by atoms with E-state index in [1.807, 2.05) is 0 Å². The van der Waals surface area contributed by atoms with Gasteiger partial charge in [0, 0.05) is 5.56 Å². The fourth-order valence-corrected chi connectivity index (χ4v) is 1.62. The molecular weight excluding hydrogens is 275 g/mol. The van der Waals surface area contributed by atoms with Crippen LogP contribution in [0.15, 0.2) is 12.1 Å². The van der Waals surface area contributed by atoms with E-state index in [1.54, 1.807) is 13.8 Å². The lowest BCUT2D eigenvalue weighted by molar-refractivity contribution is -0.139. The van der Waals surface area contributed by atoms with E-state index in [4.69, 9.17) is 5.11 Å². The number of amides is 1. The molecule has 7 heteroatoms. The summed E-state index contributed by atoms with van der Waals surface area (Å²) in [6, 6.07) is -0.150. The Hall–Kier alpha value is -2.05. The van der Waals surface area contributed by atoms with Crippen LogP contribution in [0.3, 0.4) is 0 Å². The van der Waals surface area contributed by atoms with E-state index in [2.05, 4.69) is 5.32 Å². The lowest BCUT2D eigenvalue weighted by Crippen LogP contribution is -2.41. The molecule has 2 N–H and O–H groups in total. The van der Waals surface area contributed by atoms with Gasteiger partial charge in [-0.05, 0) is 24.5 Å². The van der Waals surface area contributed by atoms with Crippen LogP contribution in [0.5, 0.6) is 0 Å². The molecule has 1 atom stereocenters. The van der Waals surface area contributed by atoms with Crippen molar-refractivity contribution in [1.82, 2.24) is 5.32 Å². The number of benzene rings is 1. The Kier molecular flexibility index (Phi) is 5.12. The Morgan fingerprint density at radius 3 is 2.10 bits per heavy atom. The minimum absolute atomic E-state index is 0.00177. The van der Waals surface area contributed by atoms with E-state index in [0.717, 1.165) is 0 Å². The second-order valence-electron chi connectivity index (χ2n) is 4.75. The number of carbonyl (C=O) groups is 2. The number of hydrogen-bond donors (Lipinski definition) is 2. The Balaban J connectivity index is 2.92. The molecule has 0 saturated carbocycles. The topological polar surface area (TPSA) is 66.4 Å². The van der Waals surface area contributed by atoms with E-state index in [1.165, 1.54) is 0 Å². The summed E-state index contributed by atoms with van der Waals surface area (Å²) in [6.45, 7) is 3.53. The molecule has 0 radical (unpaired) electrons. The van der Waals surface area contributed by atoms with Gasteiger partial charge in [0.1, 0.15) is 6.04 Å². The molecule has 20 heavy (non-hydrogen) atoms. The number of aliphatic carboxylic acids is 1. The van der Waals surface area contributed by atoms with E-state index < -0.39 is 40.9 Å². The summed E-state index contributed by atoms with van der Waals surface area (Å²) in [4.78, 5) is 22.7. The zero-order valence-electron chi connectivity index (χ0n) is 10.9. The summed E-state index contributed by atoms with van der Waals surface area (Å²) in [5.74, 6) is -6.93. The van der Waals surface area contributed by atoms with Crippen LogP contribution in [0, 0.1) is 23.4 Å². The maximum atomic E-state index is 13.0. The minimum atomic E-state index is -1.68. The lowest BCUT2D eigenvalue weighted by atomic mass is 10.0. The molecule has 1 aromatic carbocycles. The molecule has 0 aliphatic carbocycles. The molecule has 0 spiro atoms. The van der Waals surface area contributed by atoms with Gasteiger partial charge in [0.25, 0.3) is 5.91 Å². The van der Waals surface area contributed by atoms with Crippen LogP contribution in [-0.4, -0.2) is 23.0 Å². The van der Waals surface area contributed by atoms with Gasteiger partial charge >= 0.3 is 5.97 Å². The van der Waals surface area contributed by atoms with Crippen molar-refractivity contribution in [3.8, 4) is 0 Å². The molecule has 0 heterocycles. The first-order valence-electron chi connectivity index (χ1n) is 5.90. The Morgan fingerprint density at radius 2 is 1.70 bits per heavy atom. The van der Waals surface area contributed by atoms with E-state index in [9.17, 15) is 22.8 Å². The second-order valence-corrected chi connectivity index (χ2v) is 4.75. The van der Waals surface area contributed by atoms with Crippen LogP contribution in [0.2, 0.25) is 0 Å². The fourth-order valence-electron chi connectivity index (χ4n) is 1.62. The van der Waals surface area contributed by atoms with Gasteiger partial charge in [0.15, 0.2) is 17.5 Å². The number of halogens is 3. The maximum Gasteiger partial charge on any atom is 0.326 e. The van der Waals surface area contributed by atoms with Crippen LogP contribution in [0.25, 0.3) is 0 Å². The van der Waals surface area contributed by atoms with Crippen molar-refractivity contribution in [2.75, 3.05) is 0 Å². The zero-order chi connectivity index (χ0) is 15.4. The molecule has 0 fully saturated rings. The van der Waals surface area contributed by atoms with Crippen molar-refractivity contribution >= 4 is 11.9 Å². The van der Waals surface area contributed by atoms with Crippen molar-refractivity contribution in [1.29, 1.82) is 0 Å². The number of carboxylic acids is 1. The van der Waals surface area contributed by atoms with Gasteiger partial charge in [-0.15, -0.1) is 0 Å². The third-order valence-corrected chi connectivity index (χ3v) is 2.56. The lowest BCUT2D eigenvalue weighted by Gasteiger charge is -2.16. The van der Waals surface area contributed by atoms with E-state index in [0.29, 0.717) is 12.1 Å². The summed E-state index contributed by atoms with van der Waals surface area (Å²) in [5, 5.41) is 11.1. The molecule has 4 nitrogen and oxygen atoms in total. The Labute approximate surface area is 113 Å². The molecule has 0 saturated heterocycles. The first-order valence-corrected chi connectivity index (χ1v) is 5.90. The van der Waals surface area contributed by atoms with Gasteiger partial charge in [0.05, 0.1) is 0 Å². The van der Waals surface area contributed by atoms with Crippen LogP contribution < -0.4 is 5.32 Å². The molecule has 1 aromatic rings. The van der Waals surface area contributed by atoms with Crippen molar-refractivity contribution in [2.24, 2.45) is 5.92 Å². The van der Waals surface area contributed by atoms with Crippen molar-refractivity contribution in [2.45, 2.75) is 26.3 Å². The quantitative estimate of drug-likeness (QED) is 0.818. The number of carboxylic acid groups (broad SMARTS) is 1. The number of hydrogen-bond acceptors (Lipinski definition) is 2. The number of nitrogens with one attached hydrogen (secondary N) is 1. The van der Waals surface area contributed by atoms with Gasteiger partial charge in [-0.2, -0.15) is 0 Å². The number of rotatable bonds is 5. The summed E-state index contributed by atoms with van der Waals surface area (Å²) >= 11 is 0. The third kappa shape index (κ3) is 3.97. The standard InChI is InChI=1S/C13H14F3NO3/c1-6(2)3-10(13(19)20)17-12(18)7-4-8(14)11(16)9(15)5-7/h4-6,10H,3H2,1-2H3,(H,17,18)(H,19,20). The molecule has 0 aromatic heterocycles. The highest BCUT2D eigenvalue weighted by molar-refractivity contribution is 5.96. The van der Waals surface area contributed by atoms with Crippen LogP contribution >= 0.6 is 0 Å². The Bertz CT molecular complexity index is 509. The summed E-state index contributed by atoms with van der Waals surface area (Å²) < 4.78 is 38.8. The molecular formula is C13H14F3NO3. The predicted octanol–water partition coefficient (Wildman–Crippen LogP) is 2.33. The molecule has 1 unspecified atom stereocenters. The number of carbonyl (C=O) groups excluding carboxylic acids is 1. The van der Waals surface area contributed by atoms with Gasteiger partial charge in [-0.25, -0.2) is 18.0 Å². The highest BCUT2D eigenvalue weighted by Gasteiger charge is 2.23. The van der Waals surface area contributed by atoms with Crippen molar-refractivity contribution in [3.05, 3.63) is 35.1 Å². The predicted molar refractivity (Wildman–Crippen MR) is 64.7 cm³/mol. The van der Waals surface area contributed by atoms with Crippen molar-refractivity contribution in [3.63, 3.8) is 0 Å². The van der Waals surface area contributed by atoms with Crippen LogP contribution in [0.4, 0.5) is 13.2 Å². The first-order chi connectivity index (χ1) is 9.22. The SMILES string of the molecule is CC(C)CC(NC(=O)c1cc(F)c(F)c(F)c1)C(=O)O. The zero-order valence-corrected chi connectivity index (χ0v) is 10.9. The first kappa shape index (κ1) is 16.0. The molecule has 0 bridgehead atoms. The van der Waals surface area contributed by atoms with E-state index in [-0.39, 0.29) is 12.3 Å². The second kappa shape index (κ2) is 6.40. The average Bonchev–Trinajstić information content (AvgIpc) is 2.33. The Morgan fingerprint density at radius 1 is 1.20 bits per heavy atom. The molecule has 0 aliphatic rings. The fraction of sp³-hybridized carbons (Fsp3) is 0.385. The molecule has 0 aliphatic heterocycles. The van der Waals surface area contributed by atoms with Gasteiger partial charge in [-0.3, -0.25) is 4.79 Å². The van der Waals surface area contributed by atoms with E-state index >= 15 is 0 Å². The monoisotopic (exact) mass is 289 g/mol. The smallest absolute Gasteiger partial charge is 0.326 e. The average molecular weight is 289 g/mol.